The maximum atomic E-state index is 12.0. The Morgan fingerprint density at radius 2 is 1.96 bits per heavy atom. The van der Waals surface area contributed by atoms with Crippen molar-refractivity contribution in [2.75, 3.05) is 17.7 Å². The van der Waals surface area contributed by atoms with Crippen molar-refractivity contribution in [3.05, 3.63) is 54.3 Å². The maximum absolute atomic E-state index is 12.0. The minimum atomic E-state index is -0.435. The summed E-state index contributed by atoms with van der Waals surface area (Å²) in [5.74, 6) is 0.992. The fourth-order valence-corrected chi connectivity index (χ4v) is 2.19. The van der Waals surface area contributed by atoms with Crippen LogP contribution in [0.25, 0.3) is 5.95 Å². The molecule has 1 aromatic carbocycles. The van der Waals surface area contributed by atoms with Crippen LogP contribution in [0.5, 0.6) is 5.75 Å². The van der Waals surface area contributed by atoms with Crippen LogP contribution in [0.15, 0.2) is 49.3 Å². The number of amides is 2. The second-order valence-electron chi connectivity index (χ2n) is 4.67. The quantitative estimate of drug-likeness (QED) is 0.758. The number of benzene rings is 1. The monoisotopic (exact) mass is 344 g/mol. The van der Waals surface area contributed by atoms with Crippen LogP contribution >= 0.6 is 11.6 Å². The van der Waals surface area contributed by atoms with Crippen molar-refractivity contribution in [2.24, 2.45) is 0 Å². The van der Waals surface area contributed by atoms with Gasteiger partial charge in [-0.05, 0) is 18.2 Å². The summed E-state index contributed by atoms with van der Waals surface area (Å²) in [4.78, 5) is 24.2. The van der Waals surface area contributed by atoms with Crippen LogP contribution in [0, 0.1) is 0 Å². The van der Waals surface area contributed by atoms with E-state index in [1.165, 1.54) is 19.5 Å². The molecule has 0 spiro atoms. The van der Waals surface area contributed by atoms with E-state index in [9.17, 15) is 4.79 Å². The molecule has 0 saturated heterocycles. The molecule has 0 saturated carbocycles. The Morgan fingerprint density at radius 1 is 1.21 bits per heavy atom. The highest BCUT2D eigenvalue weighted by atomic mass is 35.5. The van der Waals surface area contributed by atoms with E-state index >= 15 is 0 Å². The number of aromatic nitrogens is 4. The first-order valence-corrected chi connectivity index (χ1v) is 7.25. The molecule has 0 bridgehead atoms. The number of nitrogens with one attached hydrogen (secondary N) is 2. The van der Waals surface area contributed by atoms with Gasteiger partial charge in [-0.2, -0.15) is 0 Å². The molecule has 8 nitrogen and oxygen atoms in total. The van der Waals surface area contributed by atoms with Gasteiger partial charge in [0.1, 0.15) is 12.1 Å². The van der Waals surface area contributed by atoms with Crippen LogP contribution in [-0.4, -0.2) is 32.7 Å². The molecule has 122 valence electrons. The standard InChI is InChI=1S/C15H13ClN6O2/c1-24-13-3-2-10(6-12(13)16)20-15(23)21-11-7-18-14(19-8-11)22-5-4-17-9-22/h2-9H,1H3,(H2,20,21,23). The summed E-state index contributed by atoms with van der Waals surface area (Å²) < 4.78 is 6.72. The summed E-state index contributed by atoms with van der Waals surface area (Å²) in [5, 5.41) is 5.71. The highest BCUT2D eigenvalue weighted by Crippen LogP contribution is 2.27. The van der Waals surface area contributed by atoms with E-state index in [0.717, 1.165) is 0 Å². The zero-order chi connectivity index (χ0) is 16.9. The Morgan fingerprint density at radius 3 is 2.58 bits per heavy atom. The lowest BCUT2D eigenvalue weighted by molar-refractivity contribution is 0.262. The number of rotatable bonds is 4. The van der Waals surface area contributed by atoms with Crippen LogP contribution in [0.3, 0.4) is 0 Å². The third kappa shape index (κ3) is 3.61. The topological polar surface area (TPSA) is 94.0 Å². The Hall–Kier alpha value is -3.13. The predicted molar refractivity (Wildman–Crippen MR) is 89.8 cm³/mol. The molecule has 2 aromatic heterocycles. The van der Waals surface area contributed by atoms with Crippen LogP contribution < -0.4 is 15.4 Å². The number of carbonyl (C=O) groups excluding carboxylic acids is 1. The summed E-state index contributed by atoms with van der Waals surface area (Å²) in [6.45, 7) is 0. The van der Waals surface area contributed by atoms with E-state index in [1.807, 2.05) is 0 Å². The smallest absolute Gasteiger partial charge is 0.323 e. The minimum absolute atomic E-state index is 0.406. The molecule has 0 aliphatic carbocycles. The van der Waals surface area contributed by atoms with Crippen molar-refractivity contribution in [1.29, 1.82) is 0 Å². The first-order valence-electron chi connectivity index (χ1n) is 6.87. The third-order valence-corrected chi connectivity index (χ3v) is 3.34. The molecule has 0 unspecified atom stereocenters. The van der Waals surface area contributed by atoms with Crippen LogP contribution in [0.4, 0.5) is 16.2 Å². The molecule has 2 amide bonds. The molecule has 24 heavy (non-hydrogen) atoms. The number of carbonyl (C=O) groups is 1. The molecule has 0 fully saturated rings. The van der Waals surface area contributed by atoms with Crippen LogP contribution in [0.2, 0.25) is 5.02 Å². The lowest BCUT2D eigenvalue weighted by Gasteiger charge is -2.09. The first kappa shape index (κ1) is 15.8. The van der Waals surface area contributed by atoms with Gasteiger partial charge in [0.15, 0.2) is 0 Å². The second kappa shape index (κ2) is 6.97. The molecule has 9 heteroatoms. The molecule has 0 radical (unpaired) electrons. The Labute approximate surface area is 142 Å². The van der Waals surface area contributed by atoms with Gasteiger partial charge in [-0.1, -0.05) is 11.6 Å². The zero-order valence-electron chi connectivity index (χ0n) is 12.6. The van der Waals surface area contributed by atoms with E-state index in [-0.39, 0.29) is 0 Å². The molecular weight excluding hydrogens is 332 g/mol. The lowest BCUT2D eigenvalue weighted by Crippen LogP contribution is -2.19. The fourth-order valence-electron chi connectivity index (χ4n) is 1.93. The molecule has 2 heterocycles. The predicted octanol–water partition coefficient (Wildman–Crippen LogP) is 2.97. The van der Waals surface area contributed by atoms with Gasteiger partial charge in [0.25, 0.3) is 0 Å². The van der Waals surface area contributed by atoms with Crippen LogP contribution in [-0.2, 0) is 0 Å². The number of ether oxygens (including phenoxy) is 1. The third-order valence-electron chi connectivity index (χ3n) is 3.04. The van der Waals surface area contributed by atoms with Crippen molar-refractivity contribution in [1.82, 2.24) is 19.5 Å². The van der Waals surface area contributed by atoms with Gasteiger partial charge in [-0.25, -0.2) is 19.7 Å². The number of imidazole rings is 1. The SMILES string of the molecule is COc1ccc(NC(=O)Nc2cnc(-n3ccnc3)nc2)cc1Cl. The largest absolute Gasteiger partial charge is 0.495 e. The summed E-state index contributed by atoms with van der Waals surface area (Å²) in [6, 6.07) is 4.51. The Kier molecular flexibility index (Phi) is 4.57. The first-order chi connectivity index (χ1) is 11.7. The van der Waals surface area contributed by atoms with Gasteiger partial charge in [0.2, 0.25) is 5.95 Å². The number of urea groups is 1. The van der Waals surface area contributed by atoms with Crippen molar-refractivity contribution >= 4 is 29.0 Å². The maximum Gasteiger partial charge on any atom is 0.323 e. The molecular formula is C15H13ClN6O2. The van der Waals surface area contributed by atoms with E-state index in [4.69, 9.17) is 16.3 Å². The number of methoxy groups -OCH3 is 1. The number of nitrogens with zero attached hydrogens (tertiary/aromatic N) is 4. The number of halogens is 1. The average Bonchev–Trinajstić information content (AvgIpc) is 3.10. The Balaban J connectivity index is 1.63. The summed E-state index contributed by atoms with van der Waals surface area (Å²) in [6.07, 6.45) is 7.94. The molecule has 0 aliphatic rings. The van der Waals surface area contributed by atoms with Gasteiger partial charge in [0, 0.05) is 18.1 Å². The Bertz CT molecular complexity index is 836. The minimum Gasteiger partial charge on any atom is -0.495 e. The molecule has 3 rings (SSSR count). The number of anilines is 2. The molecule has 0 atom stereocenters. The second-order valence-corrected chi connectivity index (χ2v) is 5.08. The van der Waals surface area contributed by atoms with Crippen molar-refractivity contribution in [3.8, 4) is 11.7 Å². The van der Waals surface area contributed by atoms with Crippen molar-refractivity contribution < 1.29 is 9.53 Å². The molecule has 3 aromatic rings. The summed E-state index contributed by atoms with van der Waals surface area (Å²) in [7, 11) is 1.52. The highest BCUT2D eigenvalue weighted by Gasteiger charge is 2.07. The van der Waals surface area contributed by atoms with Gasteiger partial charge in [-0.3, -0.25) is 4.57 Å². The summed E-state index contributed by atoms with van der Waals surface area (Å²) in [5.41, 5.74) is 0.991. The lowest BCUT2D eigenvalue weighted by atomic mass is 10.3. The molecule has 0 aliphatic heterocycles. The van der Waals surface area contributed by atoms with Crippen LogP contribution in [0.1, 0.15) is 0 Å². The normalized spacial score (nSPS) is 10.2. The van der Waals surface area contributed by atoms with Gasteiger partial charge < -0.3 is 15.4 Å². The van der Waals surface area contributed by atoms with Crippen molar-refractivity contribution in [2.45, 2.75) is 0 Å². The van der Waals surface area contributed by atoms with Gasteiger partial charge >= 0.3 is 6.03 Å². The van der Waals surface area contributed by atoms with Gasteiger partial charge in [-0.15, -0.1) is 0 Å². The summed E-state index contributed by atoms with van der Waals surface area (Å²) >= 11 is 6.02. The highest BCUT2D eigenvalue weighted by molar-refractivity contribution is 6.32. The van der Waals surface area contributed by atoms with E-state index in [2.05, 4.69) is 25.6 Å². The van der Waals surface area contributed by atoms with E-state index < -0.39 is 6.03 Å². The number of hydrogen-bond donors (Lipinski definition) is 2. The zero-order valence-corrected chi connectivity index (χ0v) is 13.4. The van der Waals surface area contributed by atoms with Crippen molar-refractivity contribution in [3.63, 3.8) is 0 Å². The average molecular weight is 345 g/mol. The van der Waals surface area contributed by atoms with E-state index in [1.54, 1.807) is 41.5 Å². The van der Waals surface area contributed by atoms with E-state index in [0.29, 0.717) is 28.1 Å². The van der Waals surface area contributed by atoms with Gasteiger partial charge in [0.05, 0.1) is 30.2 Å². The fraction of sp³-hybridized carbons (Fsp3) is 0.0667. The number of hydrogen-bond acceptors (Lipinski definition) is 5. The molecule has 2 N–H and O–H groups in total.